The van der Waals surface area contributed by atoms with Crippen LogP contribution in [0, 0.1) is 0 Å². The van der Waals surface area contributed by atoms with Gasteiger partial charge in [0.05, 0.1) is 0 Å². The van der Waals surface area contributed by atoms with E-state index >= 15 is 0 Å². The number of carbonyl (C=O) groups is 2. The number of benzene rings is 1. The number of likely N-dealkylation sites (N-methyl/N-ethyl adjacent to an activating group) is 1. The van der Waals surface area contributed by atoms with Gasteiger partial charge in [0.1, 0.15) is 11.8 Å². The number of aryl methyl sites for hydroxylation is 1. The number of amides is 2. The van der Waals surface area contributed by atoms with Crippen molar-refractivity contribution in [2.24, 2.45) is 7.05 Å². The van der Waals surface area contributed by atoms with Gasteiger partial charge in [-0.1, -0.05) is 0 Å². The predicted octanol–water partition coefficient (Wildman–Crippen LogP) is 0.699. The van der Waals surface area contributed by atoms with Crippen LogP contribution >= 0.6 is 0 Å². The van der Waals surface area contributed by atoms with Gasteiger partial charge in [-0.25, -0.2) is 0 Å². The van der Waals surface area contributed by atoms with Crippen molar-refractivity contribution in [3.8, 4) is 5.75 Å². The van der Waals surface area contributed by atoms with E-state index < -0.39 is 30.0 Å². The van der Waals surface area contributed by atoms with Crippen LogP contribution in [0.5, 0.6) is 5.75 Å². The number of aromatic nitrogens is 2. The number of aromatic amines is 1. The Hall–Kier alpha value is -3.24. The molecule has 0 aliphatic heterocycles. The lowest BCUT2D eigenvalue weighted by Gasteiger charge is -2.16. The number of H-pyrrole nitrogens is 1. The Labute approximate surface area is 151 Å². The zero-order valence-electron chi connectivity index (χ0n) is 14.4. The summed E-state index contributed by atoms with van der Waals surface area (Å²) in [5, 5.41) is 7.51. The Kier molecular flexibility index (Phi) is 5.93. The van der Waals surface area contributed by atoms with E-state index in [0.717, 1.165) is 24.3 Å². The zero-order chi connectivity index (χ0) is 20.2. The number of hydrogen-bond donors (Lipinski definition) is 3. The molecule has 0 spiro atoms. The van der Waals surface area contributed by atoms with Gasteiger partial charge < -0.3 is 20.5 Å². The van der Waals surface area contributed by atoms with Gasteiger partial charge in [0.25, 0.3) is 11.5 Å². The second-order valence-corrected chi connectivity index (χ2v) is 5.58. The maximum absolute atomic E-state index is 12.3. The summed E-state index contributed by atoms with van der Waals surface area (Å²) in [5.74, 6) is -1.68. The molecule has 1 aromatic carbocycles. The van der Waals surface area contributed by atoms with Crippen molar-refractivity contribution < 1.29 is 27.5 Å². The summed E-state index contributed by atoms with van der Waals surface area (Å²) in [6.07, 6.45) is -3.47. The summed E-state index contributed by atoms with van der Waals surface area (Å²) in [6.45, 7) is 0. The molecule has 146 valence electrons. The van der Waals surface area contributed by atoms with Crippen LogP contribution in [0.2, 0.25) is 0 Å². The molecule has 27 heavy (non-hydrogen) atoms. The van der Waals surface area contributed by atoms with E-state index in [4.69, 9.17) is 0 Å². The molecule has 0 fully saturated rings. The van der Waals surface area contributed by atoms with Crippen LogP contribution in [0.3, 0.4) is 0 Å². The first-order valence-electron chi connectivity index (χ1n) is 7.72. The number of nitrogens with zero attached hydrogens (tertiary/aromatic N) is 1. The number of halogens is 3. The van der Waals surface area contributed by atoms with Gasteiger partial charge >= 0.3 is 6.36 Å². The summed E-state index contributed by atoms with van der Waals surface area (Å²) < 4.78 is 41.4. The molecule has 0 bridgehead atoms. The third kappa shape index (κ3) is 5.36. The summed E-state index contributed by atoms with van der Waals surface area (Å²) in [6, 6.07) is 3.19. The van der Waals surface area contributed by atoms with Gasteiger partial charge in [0.15, 0.2) is 0 Å². The molecule has 2 aromatic rings. The second-order valence-electron chi connectivity index (χ2n) is 5.58. The molecule has 0 aliphatic carbocycles. The van der Waals surface area contributed by atoms with Gasteiger partial charge in [0.2, 0.25) is 5.91 Å². The molecule has 3 N–H and O–H groups in total. The molecule has 1 atom stereocenters. The molecule has 1 aromatic heterocycles. The standard InChI is InChI=1S/C16H17F3N4O4/c1-20-14(25)12(7-10-8-21-23(2)15(10)26)22-13(24)9-3-5-11(6-4-9)27-16(17,18)19/h3-6,8,12,21H,7H2,1-2H3,(H,20,25)(H,22,24). The largest absolute Gasteiger partial charge is 0.573 e. The van der Waals surface area contributed by atoms with Gasteiger partial charge in [-0.05, 0) is 24.3 Å². The van der Waals surface area contributed by atoms with Crippen LogP contribution in [0.4, 0.5) is 13.2 Å². The lowest BCUT2D eigenvalue weighted by Crippen LogP contribution is -2.47. The van der Waals surface area contributed by atoms with Gasteiger partial charge in [0, 0.05) is 37.8 Å². The fourth-order valence-electron chi connectivity index (χ4n) is 2.31. The second kappa shape index (κ2) is 7.98. The first-order valence-corrected chi connectivity index (χ1v) is 7.72. The van der Waals surface area contributed by atoms with Gasteiger partial charge in [-0.2, -0.15) is 0 Å². The summed E-state index contributed by atoms with van der Waals surface area (Å²) in [7, 11) is 2.88. The molecule has 1 unspecified atom stereocenters. The SMILES string of the molecule is CNC(=O)C(Cc1c[nH]n(C)c1=O)NC(=O)c1ccc(OC(F)(F)F)cc1. The number of alkyl halides is 3. The van der Waals surface area contributed by atoms with Crippen LogP contribution in [-0.4, -0.2) is 41.0 Å². The van der Waals surface area contributed by atoms with Crippen molar-refractivity contribution in [3.63, 3.8) is 0 Å². The van der Waals surface area contributed by atoms with E-state index in [9.17, 15) is 27.6 Å². The van der Waals surface area contributed by atoms with E-state index in [1.165, 1.54) is 25.0 Å². The van der Waals surface area contributed by atoms with Crippen molar-refractivity contribution in [1.82, 2.24) is 20.4 Å². The molecule has 0 aliphatic rings. The Morgan fingerprint density at radius 1 is 1.26 bits per heavy atom. The highest BCUT2D eigenvalue weighted by Gasteiger charge is 2.31. The topological polar surface area (TPSA) is 105 Å². The summed E-state index contributed by atoms with van der Waals surface area (Å²) >= 11 is 0. The fourth-order valence-corrected chi connectivity index (χ4v) is 2.31. The molecule has 0 saturated carbocycles. The number of hydrogen-bond acceptors (Lipinski definition) is 4. The molecular weight excluding hydrogens is 369 g/mol. The van der Waals surface area contributed by atoms with Crippen molar-refractivity contribution >= 4 is 11.8 Å². The highest BCUT2D eigenvalue weighted by atomic mass is 19.4. The van der Waals surface area contributed by atoms with Crippen molar-refractivity contribution in [3.05, 3.63) is 51.9 Å². The first-order chi connectivity index (χ1) is 12.6. The monoisotopic (exact) mass is 386 g/mol. The van der Waals surface area contributed by atoms with Gasteiger partial charge in [-0.15, -0.1) is 13.2 Å². The maximum atomic E-state index is 12.3. The van der Waals surface area contributed by atoms with Crippen molar-refractivity contribution in [2.75, 3.05) is 7.05 Å². The lowest BCUT2D eigenvalue weighted by atomic mass is 10.1. The van der Waals surface area contributed by atoms with E-state index in [0.29, 0.717) is 5.56 Å². The average Bonchev–Trinajstić information content (AvgIpc) is 2.91. The third-order valence-electron chi connectivity index (χ3n) is 3.65. The van der Waals surface area contributed by atoms with Crippen LogP contribution in [0.15, 0.2) is 35.3 Å². The molecule has 2 rings (SSSR count). The summed E-state index contributed by atoms with van der Waals surface area (Å²) in [4.78, 5) is 36.2. The highest BCUT2D eigenvalue weighted by Crippen LogP contribution is 2.22. The Balaban J connectivity index is 2.12. The predicted molar refractivity (Wildman–Crippen MR) is 88.2 cm³/mol. The Morgan fingerprint density at radius 3 is 2.37 bits per heavy atom. The third-order valence-corrected chi connectivity index (χ3v) is 3.65. The normalized spacial score (nSPS) is 12.3. The van der Waals surface area contributed by atoms with Crippen LogP contribution in [-0.2, 0) is 18.3 Å². The number of carbonyl (C=O) groups excluding carboxylic acids is 2. The van der Waals surface area contributed by atoms with Crippen LogP contribution < -0.4 is 20.9 Å². The summed E-state index contributed by atoms with van der Waals surface area (Å²) in [5.41, 5.74) is -0.0208. The van der Waals surface area contributed by atoms with E-state index in [-0.39, 0.29) is 17.5 Å². The number of rotatable bonds is 6. The van der Waals surface area contributed by atoms with Crippen molar-refractivity contribution in [2.45, 2.75) is 18.8 Å². The Bertz CT molecular complexity index is 871. The first kappa shape index (κ1) is 20.1. The minimum absolute atomic E-state index is 0.0281. The van der Waals surface area contributed by atoms with E-state index in [2.05, 4.69) is 20.5 Å². The fraction of sp³-hybridized carbons (Fsp3) is 0.312. The number of nitrogens with one attached hydrogen (secondary N) is 3. The molecule has 0 radical (unpaired) electrons. The zero-order valence-corrected chi connectivity index (χ0v) is 14.4. The molecular formula is C16H17F3N4O4. The minimum Gasteiger partial charge on any atom is -0.406 e. The average molecular weight is 386 g/mol. The smallest absolute Gasteiger partial charge is 0.406 e. The molecule has 11 heteroatoms. The maximum Gasteiger partial charge on any atom is 0.573 e. The number of ether oxygens (including phenoxy) is 1. The molecule has 2 amide bonds. The van der Waals surface area contributed by atoms with E-state index in [1.807, 2.05) is 0 Å². The molecule has 0 saturated heterocycles. The highest BCUT2D eigenvalue weighted by molar-refractivity contribution is 5.97. The van der Waals surface area contributed by atoms with Gasteiger partial charge in [-0.3, -0.25) is 19.1 Å². The lowest BCUT2D eigenvalue weighted by molar-refractivity contribution is -0.274. The quantitative estimate of drug-likeness (QED) is 0.680. The van der Waals surface area contributed by atoms with Crippen molar-refractivity contribution in [1.29, 1.82) is 0 Å². The molecule has 1 heterocycles. The van der Waals surface area contributed by atoms with Crippen LogP contribution in [0.25, 0.3) is 0 Å². The Morgan fingerprint density at radius 2 is 1.89 bits per heavy atom. The molecule has 8 nitrogen and oxygen atoms in total. The van der Waals surface area contributed by atoms with Crippen LogP contribution in [0.1, 0.15) is 15.9 Å². The van der Waals surface area contributed by atoms with E-state index in [1.54, 1.807) is 0 Å². The minimum atomic E-state index is -4.84.